The van der Waals surface area contributed by atoms with Gasteiger partial charge in [0, 0.05) is 6.54 Å². The van der Waals surface area contributed by atoms with E-state index in [1.807, 2.05) is 11.7 Å². The van der Waals surface area contributed by atoms with Gasteiger partial charge in [0.1, 0.15) is 25.0 Å². The summed E-state index contributed by atoms with van der Waals surface area (Å²) in [6.45, 7) is 6.46. The van der Waals surface area contributed by atoms with Gasteiger partial charge in [0.15, 0.2) is 5.82 Å². The van der Waals surface area contributed by atoms with Gasteiger partial charge in [0.05, 0.1) is 6.54 Å². The van der Waals surface area contributed by atoms with Crippen LogP contribution in [0.2, 0.25) is 0 Å². The van der Waals surface area contributed by atoms with Gasteiger partial charge in [-0.3, -0.25) is 0 Å². The molecule has 7 heteroatoms. The Labute approximate surface area is 106 Å². The predicted octanol–water partition coefficient (Wildman–Crippen LogP) is 0.293. The van der Waals surface area contributed by atoms with E-state index in [0.717, 1.165) is 18.2 Å². The van der Waals surface area contributed by atoms with Crippen LogP contribution in [0, 0.1) is 5.92 Å². The standard InChI is InChI=1S/C11H19N7/c1-9(2)5-18-11(13-7-15-18)6-17-8-14-10(16-17)4-12-3/h7-9,12H,4-6H2,1-3H3. The van der Waals surface area contributed by atoms with Gasteiger partial charge < -0.3 is 5.32 Å². The maximum Gasteiger partial charge on any atom is 0.164 e. The molecule has 2 heterocycles. The van der Waals surface area contributed by atoms with E-state index in [4.69, 9.17) is 0 Å². The van der Waals surface area contributed by atoms with Crippen molar-refractivity contribution in [1.29, 1.82) is 0 Å². The molecule has 0 spiro atoms. The molecule has 0 atom stereocenters. The largest absolute Gasteiger partial charge is 0.313 e. The Hall–Kier alpha value is -1.76. The van der Waals surface area contributed by atoms with Crippen LogP contribution in [0.15, 0.2) is 12.7 Å². The molecule has 0 saturated heterocycles. The van der Waals surface area contributed by atoms with Gasteiger partial charge in [-0.1, -0.05) is 13.8 Å². The van der Waals surface area contributed by atoms with Crippen molar-refractivity contribution in [3.05, 3.63) is 24.3 Å². The van der Waals surface area contributed by atoms with Gasteiger partial charge in [0.2, 0.25) is 0 Å². The molecule has 0 unspecified atom stereocenters. The monoisotopic (exact) mass is 249 g/mol. The minimum atomic E-state index is 0.543. The third kappa shape index (κ3) is 3.13. The summed E-state index contributed by atoms with van der Waals surface area (Å²) in [5, 5.41) is 11.6. The van der Waals surface area contributed by atoms with Crippen molar-refractivity contribution in [3.8, 4) is 0 Å². The molecule has 98 valence electrons. The molecular formula is C11H19N7. The number of rotatable bonds is 6. The molecule has 2 aromatic heterocycles. The van der Waals surface area contributed by atoms with Crippen molar-refractivity contribution in [1.82, 2.24) is 34.8 Å². The maximum atomic E-state index is 4.36. The normalized spacial score (nSPS) is 11.3. The number of nitrogens with one attached hydrogen (secondary N) is 1. The highest BCUT2D eigenvalue weighted by molar-refractivity contribution is 4.88. The lowest BCUT2D eigenvalue weighted by atomic mass is 10.2. The van der Waals surface area contributed by atoms with Crippen molar-refractivity contribution >= 4 is 0 Å². The minimum absolute atomic E-state index is 0.543. The lowest BCUT2D eigenvalue weighted by molar-refractivity contribution is 0.456. The minimum Gasteiger partial charge on any atom is -0.313 e. The first-order valence-corrected chi connectivity index (χ1v) is 6.08. The van der Waals surface area contributed by atoms with Crippen LogP contribution in [0.5, 0.6) is 0 Å². The Morgan fingerprint density at radius 2 is 2.17 bits per heavy atom. The predicted molar refractivity (Wildman–Crippen MR) is 66.7 cm³/mol. The molecule has 2 aromatic rings. The second-order valence-corrected chi connectivity index (χ2v) is 4.64. The van der Waals surface area contributed by atoms with Gasteiger partial charge >= 0.3 is 0 Å². The van der Waals surface area contributed by atoms with Crippen molar-refractivity contribution < 1.29 is 0 Å². The quantitative estimate of drug-likeness (QED) is 0.796. The summed E-state index contributed by atoms with van der Waals surface area (Å²) in [4.78, 5) is 8.48. The Morgan fingerprint density at radius 1 is 1.33 bits per heavy atom. The fourth-order valence-electron chi connectivity index (χ4n) is 1.70. The van der Waals surface area contributed by atoms with Gasteiger partial charge in [-0.05, 0) is 13.0 Å². The van der Waals surface area contributed by atoms with E-state index < -0.39 is 0 Å². The van der Waals surface area contributed by atoms with Crippen LogP contribution in [0.3, 0.4) is 0 Å². The molecule has 1 N–H and O–H groups in total. The highest BCUT2D eigenvalue weighted by atomic mass is 15.4. The molecule has 0 fully saturated rings. The first kappa shape index (κ1) is 12.7. The highest BCUT2D eigenvalue weighted by Gasteiger charge is 2.08. The van der Waals surface area contributed by atoms with Crippen LogP contribution in [0.4, 0.5) is 0 Å². The van der Waals surface area contributed by atoms with E-state index in [1.165, 1.54) is 0 Å². The molecule has 0 radical (unpaired) electrons. The van der Waals surface area contributed by atoms with Crippen LogP contribution in [-0.4, -0.2) is 36.6 Å². The second-order valence-electron chi connectivity index (χ2n) is 4.64. The molecule has 18 heavy (non-hydrogen) atoms. The summed E-state index contributed by atoms with van der Waals surface area (Å²) >= 11 is 0. The average Bonchev–Trinajstić information content (AvgIpc) is 2.90. The third-order valence-corrected chi connectivity index (χ3v) is 2.46. The number of hydrogen-bond donors (Lipinski definition) is 1. The molecule has 0 aliphatic rings. The highest BCUT2D eigenvalue weighted by Crippen LogP contribution is 2.03. The number of nitrogens with zero attached hydrogens (tertiary/aromatic N) is 6. The molecule has 7 nitrogen and oxygen atoms in total. The van der Waals surface area contributed by atoms with E-state index >= 15 is 0 Å². The fraction of sp³-hybridized carbons (Fsp3) is 0.636. The van der Waals surface area contributed by atoms with Gasteiger partial charge in [-0.15, -0.1) is 0 Å². The summed E-state index contributed by atoms with van der Waals surface area (Å²) in [6.07, 6.45) is 3.31. The smallest absolute Gasteiger partial charge is 0.164 e. The fourth-order valence-corrected chi connectivity index (χ4v) is 1.70. The summed E-state index contributed by atoms with van der Waals surface area (Å²) in [5.74, 6) is 2.23. The third-order valence-electron chi connectivity index (χ3n) is 2.46. The maximum absolute atomic E-state index is 4.36. The first-order chi connectivity index (χ1) is 8.69. The van der Waals surface area contributed by atoms with Crippen LogP contribution in [0.1, 0.15) is 25.5 Å². The topological polar surface area (TPSA) is 73.5 Å². The Balaban J connectivity index is 2.06. The van der Waals surface area contributed by atoms with Crippen molar-refractivity contribution in [3.63, 3.8) is 0 Å². The van der Waals surface area contributed by atoms with Crippen LogP contribution in [0.25, 0.3) is 0 Å². The zero-order chi connectivity index (χ0) is 13.0. The summed E-state index contributed by atoms with van der Waals surface area (Å²) in [6, 6.07) is 0. The summed E-state index contributed by atoms with van der Waals surface area (Å²) < 4.78 is 3.71. The van der Waals surface area contributed by atoms with E-state index in [0.29, 0.717) is 19.0 Å². The number of aromatic nitrogens is 6. The summed E-state index contributed by atoms with van der Waals surface area (Å²) in [5.41, 5.74) is 0. The zero-order valence-corrected chi connectivity index (χ0v) is 11.0. The molecule has 0 aromatic carbocycles. The molecule has 2 rings (SSSR count). The average molecular weight is 249 g/mol. The second kappa shape index (κ2) is 5.72. The summed E-state index contributed by atoms with van der Waals surface area (Å²) in [7, 11) is 1.87. The van der Waals surface area contributed by atoms with Gasteiger partial charge in [-0.2, -0.15) is 10.2 Å². The molecule has 0 aliphatic carbocycles. The Kier molecular flexibility index (Phi) is 4.03. The van der Waals surface area contributed by atoms with Gasteiger partial charge in [0.25, 0.3) is 0 Å². The lowest BCUT2D eigenvalue weighted by Crippen LogP contribution is -2.14. The van der Waals surface area contributed by atoms with Crippen molar-refractivity contribution in [2.45, 2.75) is 33.5 Å². The van der Waals surface area contributed by atoms with E-state index in [2.05, 4.69) is 39.3 Å². The van der Waals surface area contributed by atoms with Crippen LogP contribution >= 0.6 is 0 Å². The first-order valence-electron chi connectivity index (χ1n) is 6.08. The zero-order valence-electron chi connectivity index (χ0n) is 11.0. The molecule has 0 aliphatic heterocycles. The Morgan fingerprint density at radius 3 is 2.89 bits per heavy atom. The van der Waals surface area contributed by atoms with Crippen LogP contribution in [-0.2, 0) is 19.6 Å². The van der Waals surface area contributed by atoms with E-state index in [-0.39, 0.29) is 0 Å². The molecular weight excluding hydrogens is 230 g/mol. The van der Waals surface area contributed by atoms with Crippen molar-refractivity contribution in [2.24, 2.45) is 5.92 Å². The molecule has 0 bridgehead atoms. The van der Waals surface area contributed by atoms with Crippen LogP contribution < -0.4 is 5.32 Å². The van der Waals surface area contributed by atoms with E-state index in [9.17, 15) is 0 Å². The Bertz CT molecular complexity index is 485. The number of hydrogen-bond acceptors (Lipinski definition) is 5. The van der Waals surface area contributed by atoms with E-state index in [1.54, 1.807) is 17.3 Å². The van der Waals surface area contributed by atoms with Gasteiger partial charge in [-0.25, -0.2) is 19.3 Å². The molecule has 0 amide bonds. The molecule has 0 saturated carbocycles. The SMILES string of the molecule is CNCc1ncn(Cc2ncnn2CC(C)C)n1. The lowest BCUT2D eigenvalue weighted by Gasteiger charge is -2.08. The van der Waals surface area contributed by atoms with Crippen molar-refractivity contribution in [2.75, 3.05) is 7.05 Å².